The molecule has 2 aromatic heterocycles. The van der Waals surface area contributed by atoms with Gasteiger partial charge in [-0.15, -0.1) is 0 Å². The molecule has 29 heavy (non-hydrogen) atoms. The molecular weight excluding hydrogens is 366 g/mol. The fourth-order valence-electron chi connectivity index (χ4n) is 3.21. The van der Waals surface area contributed by atoms with E-state index in [0.717, 1.165) is 30.4 Å². The number of aromatic nitrogens is 3. The van der Waals surface area contributed by atoms with E-state index in [1.54, 1.807) is 23.2 Å². The number of hydrogen-bond donors (Lipinski definition) is 1. The molecule has 1 unspecified atom stereocenters. The third-order valence-electron chi connectivity index (χ3n) is 4.91. The Bertz CT molecular complexity index is 983. The maximum Gasteiger partial charge on any atom is 0.253 e. The van der Waals surface area contributed by atoms with Crippen LogP contribution >= 0.6 is 0 Å². The summed E-state index contributed by atoms with van der Waals surface area (Å²) in [6, 6.07) is 10.8. The zero-order valence-electron chi connectivity index (χ0n) is 17.1. The van der Waals surface area contributed by atoms with E-state index in [9.17, 15) is 9.59 Å². The summed E-state index contributed by atoms with van der Waals surface area (Å²) < 4.78 is 1.90. The maximum absolute atomic E-state index is 12.8. The van der Waals surface area contributed by atoms with E-state index in [1.165, 1.54) is 6.20 Å². The van der Waals surface area contributed by atoms with E-state index in [1.807, 2.05) is 42.8 Å². The smallest absolute Gasteiger partial charge is 0.253 e. The lowest BCUT2D eigenvalue weighted by atomic mass is 10.2. The normalized spacial score (nSPS) is 12.0. The van der Waals surface area contributed by atoms with Gasteiger partial charge >= 0.3 is 0 Å². The van der Waals surface area contributed by atoms with Crippen molar-refractivity contribution < 1.29 is 9.59 Å². The predicted octanol–water partition coefficient (Wildman–Crippen LogP) is 3.18. The van der Waals surface area contributed by atoms with Crippen molar-refractivity contribution >= 4 is 22.8 Å². The van der Waals surface area contributed by atoms with E-state index in [0.29, 0.717) is 11.4 Å². The van der Waals surface area contributed by atoms with Gasteiger partial charge in [0.25, 0.3) is 5.91 Å². The Morgan fingerprint density at radius 3 is 2.72 bits per heavy atom. The molecule has 1 aromatic carbocycles. The highest BCUT2D eigenvalue weighted by atomic mass is 16.2. The number of amides is 2. The molecule has 1 atom stereocenters. The lowest BCUT2D eigenvalue weighted by Crippen LogP contribution is -2.33. The van der Waals surface area contributed by atoms with Crippen LogP contribution < -0.4 is 5.32 Å². The van der Waals surface area contributed by atoms with Crippen molar-refractivity contribution in [2.45, 2.75) is 39.3 Å². The Morgan fingerprint density at radius 1 is 1.21 bits per heavy atom. The van der Waals surface area contributed by atoms with Crippen molar-refractivity contribution in [3.8, 4) is 0 Å². The number of fused-ring (bicyclic) bond motifs is 1. The van der Waals surface area contributed by atoms with Crippen LogP contribution in [0.1, 0.15) is 48.9 Å². The standard InChI is InChI=1S/C22H27N5O2/c1-4-5-13-26(3)20(28)15-27-19-11-7-6-10-18(19)25-21(27)16(2)24-22(29)17-9-8-12-23-14-17/h6-12,14,16H,4-5,13,15H2,1-3H3,(H,24,29). The molecule has 3 aromatic rings. The topological polar surface area (TPSA) is 80.1 Å². The lowest BCUT2D eigenvalue weighted by molar-refractivity contribution is -0.130. The van der Waals surface area contributed by atoms with Crippen LogP contribution in [0, 0.1) is 0 Å². The first kappa shape index (κ1) is 20.5. The Kier molecular flexibility index (Phi) is 6.59. The predicted molar refractivity (Wildman–Crippen MR) is 112 cm³/mol. The van der Waals surface area contributed by atoms with E-state index >= 15 is 0 Å². The second kappa shape index (κ2) is 9.32. The second-order valence-electron chi connectivity index (χ2n) is 7.15. The van der Waals surface area contributed by atoms with Crippen molar-refractivity contribution in [3.63, 3.8) is 0 Å². The van der Waals surface area contributed by atoms with E-state index < -0.39 is 0 Å². The summed E-state index contributed by atoms with van der Waals surface area (Å²) in [7, 11) is 1.82. The van der Waals surface area contributed by atoms with Crippen LogP contribution in [0.3, 0.4) is 0 Å². The number of pyridine rings is 1. The van der Waals surface area contributed by atoms with Crippen molar-refractivity contribution in [3.05, 3.63) is 60.2 Å². The number of unbranched alkanes of at least 4 members (excludes halogenated alkanes) is 1. The number of likely N-dealkylation sites (N-methyl/N-ethyl adjacent to an activating group) is 1. The number of carbonyl (C=O) groups is 2. The number of benzene rings is 1. The van der Waals surface area contributed by atoms with Crippen molar-refractivity contribution in [2.75, 3.05) is 13.6 Å². The number of para-hydroxylation sites is 2. The van der Waals surface area contributed by atoms with E-state index in [4.69, 9.17) is 4.98 Å². The van der Waals surface area contributed by atoms with Crippen LogP contribution in [-0.4, -0.2) is 44.8 Å². The van der Waals surface area contributed by atoms with Gasteiger partial charge in [0, 0.05) is 26.0 Å². The summed E-state index contributed by atoms with van der Waals surface area (Å²) in [4.78, 5) is 35.7. The Hall–Kier alpha value is -3.22. The zero-order chi connectivity index (χ0) is 20.8. The SMILES string of the molecule is CCCCN(C)C(=O)Cn1c(C(C)NC(=O)c2cccnc2)nc2ccccc21. The number of nitrogens with zero attached hydrogens (tertiary/aromatic N) is 4. The molecule has 0 saturated carbocycles. The first-order valence-electron chi connectivity index (χ1n) is 9.91. The van der Waals surface area contributed by atoms with Gasteiger partial charge in [-0.1, -0.05) is 25.5 Å². The minimum atomic E-state index is -0.371. The highest BCUT2D eigenvalue weighted by molar-refractivity contribution is 5.94. The summed E-state index contributed by atoms with van der Waals surface area (Å²) in [5.74, 6) is 0.449. The monoisotopic (exact) mass is 393 g/mol. The molecule has 7 nitrogen and oxygen atoms in total. The van der Waals surface area contributed by atoms with Gasteiger partial charge in [0.05, 0.1) is 22.6 Å². The molecule has 0 fully saturated rings. The molecule has 0 saturated heterocycles. The highest BCUT2D eigenvalue weighted by Crippen LogP contribution is 2.21. The molecule has 0 spiro atoms. The zero-order valence-corrected chi connectivity index (χ0v) is 17.1. The average Bonchev–Trinajstić information content (AvgIpc) is 3.11. The molecule has 2 amide bonds. The van der Waals surface area contributed by atoms with Crippen LogP contribution in [0.15, 0.2) is 48.8 Å². The Labute approximate surface area is 170 Å². The third kappa shape index (κ3) is 4.80. The van der Waals surface area contributed by atoms with Gasteiger partial charge in [-0.05, 0) is 37.6 Å². The molecule has 0 aliphatic carbocycles. The van der Waals surface area contributed by atoms with Gasteiger partial charge in [0.15, 0.2) is 0 Å². The fourth-order valence-corrected chi connectivity index (χ4v) is 3.21. The van der Waals surface area contributed by atoms with E-state index in [-0.39, 0.29) is 24.4 Å². The van der Waals surface area contributed by atoms with Gasteiger partial charge < -0.3 is 14.8 Å². The molecule has 7 heteroatoms. The van der Waals surface area contributed by atoms with Gasteiger partial charge in [0.1, 0.15) is 12.4 Å². The molecule has 0 radical (unpaired) electrons. The third-order valence-corrected chi connectivity index (χ3v) is 4.91. The average molecular weight is 393 g/mol. The molecule has 0 aliphatic rings. The molecule has 152 valence electrons. The van der Waals surface area contributed by atoms with Gasteiger partial charge in [-0.2, -0.15) is 0 Å². The van der Waals surface area contributed by atoms with Crippen LogP contribution in [0.5, 0.6) is 0 Å². The highest BCUT2D eigenvalue weighted by Gasteiger charge is 2.21. The number of nitrogens with one attached hydrogen (secondary N) is 1. The van der Waals surface area contributed by atoms with Crippen LogP contribution in [0.2, 0.25) is 0 Å². The summed E-state index contributed by atoms with van der Waals surface area (Å²) in [5.41, 5.74) is 2.16. The van der Waals surface area contributed by atoms with Crippen LogP contribution in [-0.2, 0) is 11.3 Å². The lowest BCUT2D eigenvalue weighted by Gasteiger charge is -2.20. The first-order valence-corrected chi connectivity index (χ1v) is 9.91. The van der Waals surface area contributed by atoms with E-state index in [2.05, 4.69) is 17.2 Å². The van der Waals surface area contributed by atoms with Crippen molar-refractivity contribution in [1.82, 2.24) is 24.8 Å². The molecular formula is C22H27N5O2. The summed E-state index contributed by atoms with van der Waals surface area (Å²) in [6.45, 7) is 4.89. The number of imidazole rings is 1. The fraction of sp³-hybridized carbons (Fsp3) is 0.364. The van der Waals surface area contributed by atoms with Crippen molar-refractivity contribution in [1.29, 1.82) is 0 Å². The largest absolute Gasteiger partial charge is 0.344 e. The quantitative estimate of drug-likeness (QED) is 0.637. The van der Waals surface area contributed by atoms with Crippen molar-refractivity contribution in [2.24, 2.45) is 0 Å². The number of rotatable bonds is 8. The molecule has 2 heterocycles. The summed E-state index contributed by atoms with van der Waals surface area (Å²) in [5, 5.41) is 2.96. The van der Waals surface area contributed by atoms with Gasteiger partial charge in [-0.3, -0.25) is 14.6 Å². The first-order chi connectivity index (χ1) is 14.0. The molecule has 3 rings (SSSR count). The van der Waals surface area contributed by atoms with Gasteiger partial charge in [0.2, 0.25) is 5.91 Å². The number of hydrogen-bond acceptors (Lipinski definition) is 4. The minimum absolute atomic E-state index is 0.0219. The molecule has 1 N–H and O–H groups in total. The minimum Gasteiger partial charge on any atom is -0.344 e. The number of carbonyl (C=O) groups excluding carboxylic acids is 2. The molecule has 0 aliphatic heterocycles. The van der Waals surface area contributed by atoms with Crippen LogP contribution in [0.4, 0.5) is 0 Å². The molecule has 0 bridgehead atoms. The second-order valence-corrected chi connectivity index (χ2v) is 7.15. The summed E-state index contributed by atoms with van der Waals surface area (Å²) >= 11 is 0. The van der Waals surface area contributed by atoms with Crippen LogP contribution in [0.25, 0.3) is 11.0 Å². The Morgan fingerprint density at radius 2 is 2.00 bits per heavy atom. The Balaban J connectivity index is 1.86. The summed E-state index contributed by atoms with van der Waals surface area (Å²) in [6.07, 6.45) is 5.16. The maximum atomic E-state index is 12.8. The van der Waals surface area contributed by atoms with Gasteiger partial charge in [-0.25, -0.2) is 4.98 Å².